The molecule has 132 valence electrons. The van der Waals surface area contributed by atoms with E-state index in [1.54, 1.807) is 6.92 Å². The van der Waals surface area contributed by atoms with Crippen molar-refractivity contribution in [2.45, 2.75) is 32.0 Å². The summed E-state index contributed by atoms with van der Waals surface area (Å²) in [5, 5.41) is 0. The van der Waals surface area contributed by atoms with E-state index in [0.717, 1.165) is 38.1 Å². The van der Waals surface area contributed by atoms with Gasteiger partial charge in [-0.2, -0.15) is 24.9 Å². The highest BCUT2D eigenvalue weighted by molar-refractivity contribution is 8.00. The number of hydrogen-bond acceptors (Lipinski definition) is 3. The fraction of sp³-hybridized carbons (Fsp3) is 0.588. The minimum atomic E-state index is -4.37. The van der Waals surface area contributed by atoms with Crippen LogP contribution in [0.2, 0.25) is 0 Å². The molecule has 0 aromatic heterocycles. The van der Waals surface area contributed by atoms with Gasteiger partial charge in [0.05, 0.1) is 5.56 Å². The average molecular weight is 359 g/mol. The largest absolute Gasteiger partial charge is 0.481 e. The second-order valence-corrected chi connectivity index (χ2v) is 7.59. The third kappa shape index (κ3) is 3.66. The van der Waals surface area contributed by atoms with Crippen LogP contribution in [0.25, 0.3) is 0 Å². The molecule has 0 bridgehead atoms. The van der Waals surface area contributed by atoms with Crippen LogP contribution in [0, 0.1) is 5.41 Å². The molecule has 0 saturated carbocycles. The van der Waals surface area contributed by atoms with E-state index in [1.807, 2.05) is 16.7 Å². The summed E-state index contributed by atoms with van der Waals surface area (Å²) in [6, 6.07) is 4.43. The molecule has 2 fully saturated rings. The van der Waals surface area contributed by atoms with Crippen molar-refractivity contribution in [1.82, 2.24) is 4.90 Å². The van der Waals surface area contributed by atoms with Gasteiger partial charge in [0.2, 0.25) is 0 Å². The lowest BCUT2D eigenvalue weighted by atomic mass is 9.81. The highest BCUT2D eigenvalue weighted by atomic mass is 32.2. The van der Waals surface area contributed by atoms with Gasteiger partial charge in [-0.15, -0.1) is 0 Å². The molecule has 24 heavy (non-hydrogen) atoms. The number of piperidine rings is 1. The molecule has 3 rings (SSSR count). The van der Waals surface area contributed by atoms with Gasteiger partial charge in [-0.25, -0.2) is 0 Å². The number of carbonyl (C=O) groups excluding carboxylic acids is 1. The Morgan fingerprint density at radius 1 is 1.21 bits per heavy atom. The monoisotopic (exact) mass is 359 g/mol. The first-order valence-corrected chi connectivity index (χ1v) is 9.15. The predicted octanol–water partition coefficient (Wildman–Crippen LogP) is 3.83. The standard InChI is InChI=1S/C17H20F3NO2S/c1-12(23-14-4-2-13(3-5-14)17(18,19)20)15(22)21-8-6-16(7-9-21)10-24-11-16/h2-5,12H,6-11H2,1H3. The van der Waals surface area contributed by atoms with Gasteiger partial charge in [0.1, 0.15) is 5.75 Å². The molecule has 3 nitrogen and oxygen atoms in total. The van der Waals surface area contributed by atoms with Crippen LogP contribution in [0.15, 0.2) is 24.3 Å². The van der Waals surface area contributed by atoms with Crippen LogP contribution in [0.4, 0.5) is 13.2 Å². The zero-order valence-corrected chi connectivity index (χ0v) is 14.3. The minimum Gasteiger partial charge on any atom is -0.481 e. The number of carbonyl (C=O) groups is 1. The van der Waals surface area contributed by atoms with Gasteiger partial charge >= 0.3 is 6.18 Å². The summed E-state index contributed by atoms with van der Waals surface area (Å²) in [6.45, 7) is 3.11. The van der Waals surface area contributed by atoms with Gasteiger partial charge in [0.15, 0.2) is 6.10 Å². The number of alkyl halides is 3. The Balaban J connectivity index is 1.54. The fourth-order valence-corrected chi connectivity index (χ4v) is 4.47. The lowest BCUT2D eigenvalue weighted by molar-refractivity contribution is -0.140. The predicted molar refractivity (Wildman–Crippen MR) is 87.1 cm³/mol. The topological polar surface area (TPSA) is 29.5 Å². The Morgan fingerprint density at radius 3 is 2.25 bits per heavy atom. The normalized spacial score (nSPS) is 21.2. The van der Waals surface area contributed by atoms with Crippen molar-refractivity contribution in [2.75, 3.05) is 24.6 Å². The Bertz CT molecular complexity index is 589. The van der Waals surface area contributed by atoms with Crippen LogP contribution in [0.3, 0.4) is 0 Å². The van der Waals surface area contributed by atoms with E-state index in [2.05, 4.69) is 0 Å². The van der Waals surface area contributed by atoms with Gasteiger partial charge in [0.25, 0.3) is 5.91 Å². The third-order valence-electron chi connectivity index (χ3n) is 4.79. The molecule has 1 unspecified atom stereocenters. The Morgan fingerprint density at radius 2 is 1.79 bits per heavy atom. The summed E-state index contributed by atoms with van der Waals surface area (Å²) in [7, 11) is 0. The summed E-state index contributed by atoms with van der Waals surface area (Å²) >= 11 is 1.95. The number of nitrogens with zero attached hydrogens (tertiary/aromatic N) is 1. The lowest BCUT2D eigenvalue weighted by Crippen LogP contribution is -2.51. The van der Waals surface area contributed by atoms with Crippen molar-refractivity contribution >= 4 is 17.7 Å². The van der Waals surface area contributed by atoms with Crippen molar-refractivity contribution in [3.63, 3.8) is 0 Å². The molecule has 0 aliphatic carbocycles. The zero-order valence-electron chi connectivity index (χ0n) is 13.4. The second kappa shape index (κ2) is 6.50. The quantitative estimate of drug-likeness (QED) is 0.822. The van der Waals surface area contributed by atoms with Crippen LogP contribution >= 0.6 is 11.8 Å². The summed E-state index contributed by atoms with van der Waals surface area (Å²) in [5.41, 5.74) is -0.299. The minimum absolute atomic E-state index is 0.100. The summed E-state index contributed by atoms with van der Waals surface area (Å²) in [4.78, 5) is 14.3. The maximum absolute atomic E-state index is 12.5. The van der Waals surface area contributed by atoms with Gasteiger partial charge in [-0.1, -0.05) is 0 Å². The van der Waals surface area contributed by atoms with E-state index in [1.165, 1.54) is 23.6 Å². The molecule has 2 aliphatic rings. The van der Waals surface area contributed by atoms with Gasteiger partial charge in [0, 0.05) is 13.1 Å². The first kappa shape index (κ1) is 17.5. The smallest absolute Gasteiger partial charge is 0.416 e. The Labute approximate surface area is 143 Å². The summed E-state index contributed by atoms with van der Waals surface area (Å²) < 4.78 is 43.2. The number of ether oxygens (including phenoxy) is 1. The van der Waals surface area contributed by atoms with Crippen molar-refractivity contribution in [1.29, 1.82) is 0 Å². The van der Waals surface area contributed by atoms with E-state index in [9.17, 15) is 18.0 Å². The molecule has 1 aromatic rings. The first-order chi connectivity index (χ1) is 11.3. The SMILES string of the molecule is CC(Oc1ccc(C(F)(F)F)cc1)C(=O)N1CCC2(CC1)CSC2. The Kier molecular flexibility index (Phi) is 4.73. The Hall–Kier alpha value is -1.37. The van der Waals surface area contributed by atoms with E-state index in [-0.39, 0.29) is 11.7 Å². The molecule has 1 aromatic carbocycles. The molecule has 0 radical (unpaired) electrons. The molecule has 2 saturated heterocycles. The van der Waals surface area contributed by atoms with E-state index in [4.69, 9.17) is 4.74 Å². The molecule has 7 heteroatoms. The molecule has 1 atom stereocenters. The second-order valence-electron chi connectivity index (χ2n) is 6.60. The highest BCUT2D eigenvalue weighted by Crippen LogP contribution is 2.46. The van der Waals surface area contributed by atoms with Gasteiger partial charge in [-0.3, -0.25) is 4.79 Å². The average Bonchev–Trinajstić information content (AvgIpc) is 2.52. The molecule has 1 amide bonds. The van der Waals surface area contributed by atoms with E-state index in [0.29, 0.717) is 5.41 Å². The van der Waals surface area contributed by atoms with Gasteiger partial charge < -0.3 is 9.64 Å². The van der Waals surface area contributed by atoms with Crippen molar-refractivity contribution in [3.8, 4) is 5.75 Å². The molecule has 2 heterocycles. The van der Waals surface area contributed by atoms with Crippen LogP contribution in [0.5, 0.6) is 5.75 Å². The number of amides is 1. The first-order valence-electron chi connectivity index (χ1n) is 8.00. The van der Waals surface area contributed by atoms with Crippen molar-refractivity contribution in [2.24, 2.45) is 5.41 Å². The third-order valence-corrected chi connectivity index (χ3v) is 6.43. The van der Waals surface area contributed by atoms with Crippen LogP contribution in [-0.4, -0.2) is 41.5 Å². The molecule has 1 spiro atoms. The number of rotatable bonds is 3. The lowest BCUT2D eigenvalue weighted by Gasteiger charge is -2.47. The van der Waals surface area contributed by atoms with Crippen molar-refractivity contribution in [3.05, 3.63) is 29.8 Å². The maximum Gasteiger partial charge on any atom is 0.416 e. The summed E-state index contributed by atoms with van der Waals surface area (Å²) in [5.74, 6) is 2.55. The van der Waals surface area contributed by atoms with Crippen molar-refractivity contribution < 1.29 is 22.7 Å². The zero-order chi connectivity index (χ0) is 17.4. The van der Waals surface area contributed by atoms with Gasteiger partial charge in [-0.05, 0) is 61.0 Å². The fourth-order valence-electron chi connectivity index (χ4n) is 3.11. The van der Waals surface area contributed by atoms with Crippen LogP contribution in [0.1, 0.15) is 25.3 Å². The van der Waals surface area contributed by atoms with Crippen LogP contribution < -0.4 is 4.74 Å². The molecule has 0 N–H and O–H groups in total. The molecular formula is C17H20F3NO2S. The van der Waals surface area contributed by atoms with Crippen LogP contribution in [-0.2, 0) is 11.0 Å². The number of halogens is 3. The number of likely N-dealkylation sites (tertiary alicyclic amines) is 1. The number of thioether (sulfide) groups is 1. The maximum atomic E-state index is 12.5. The van der Waals surface area contributed by atoms with E-state index >= 15 is 0 Å². The molecular weight excluding hydrogens is 339 g/mol. The number of hydrogen-bond donors (Lipinski definition) is 0. The number of benzene rings is 1. The van der Waals surface area contributed by atoms with E-state index < -0.39 is 17.8 Å². The molecule has 2 aliphatic heterocycles. The summed E-state index contributed by atoms with van der Waals surface area (Å²) in [6.07, 6.45) is -3.02. The highest BCUT2D eigenvalue weighted by Gasteiger charge is 2.41.